The van der Waals surface area contributed by atoms with Crippen LogP contribution in [-0.4, -0.2) is 76.6 Å². The number of likely N-dealkylation sites (tertiary alicyclic amines) is 1. The van der Waals surface area contributed by atoms with E-state index in [1.165, 1.54) is 0 Å². The highest BCUT2D eigenvalue weighted by atomic mass is 32.2. The Kier molecular flexibility index (Phi) is 8.15. The average Bonchev–Trinajstić information content (AvgIpc) is 3.57. The minimum absolute atomic E-state index is 0.0172. The minimum Gasteiger partial charge on any atom is -0.394 e. The standard InChI is InChI=1S/C31H40N4O4S/c1-5-34(6-2)22-14-12-21(13-15-22)33-29(38)27-31-19(3)16-24(40-31)25(28(37)32-4)26(31)30(39)35(27)23(18-36)17-20-10-8-7-9-11-20/h7-15,19,23-27,36H,5-6,16-18H2,1-4H3,(H,32,37)(H,33,38)/t19?,23-,24+,25-,26+,27?,31?/m1/s1. The van der Waals surface area contributed by atoms with Gasteiger partial charge in [0.25, 0.3) is 0 Å². The van der Waals surface area contributed by atoms with E-state index in [-0.39, 0.29) is 35.5 Å². The highest BCUT2D eigenvalue weighted by Gasteiger charge is 2.76. The molecule has 8 nitrogen and oxygen atoms in total. The SMILES string of the molecule is CCN(CC)c1ccc(NC(=O)C2N([C@@H](CO)Cc3ccccc3)C(=O)[C@@H]3[C@H](C(=O)NC)[C@@H]4CC(C)C23S4)cc1. The summed E-state index contributed by atoms with van der Waals surface area (Å²) in [7, 11) is 1.60. The molecule has 0 saturated carbocycles. The Morgan fingerprint density at radius 2 is 1.77 bits per heavy atom. The molecule has 214 valence electrons. The molecule has 5 rings (SSSR count). The van der Waals surface area contributed by atoms with Crippen molar-refractivity contribution in [3.8, 4) is 0 Å². The number of carbonyl (C=O) groups is 3. The summed E-state index contributed by atoms with van der Waals surface area (Å²) in [5, 5.41) is 16.4. The fraction of sp³-hybridized carbons (Fsp3) is 0.516. The Morgan fingerprint density at radius 3 is 2.38 bits per heavy atom. The molecule has 2 aromatic carbocycles. The minimum atomic E-state index is -0.812. The molecular weight excluding hydrogens is 524 g/mol. The van der Waals surface area contributed by atoms with Crippen LogP contribution in [0.2, 0.25) is 0 Å². The van der Waals surface area contributed by atoms with Gasteiger partial charge in [-0.25, -0.2) is 0 Å². The molecule has 0 aromatic heterocycles. The van der Waals surface area contributed by atoms with E-state index in [1.807, 2.05) is 54.6 Å². The number of amides is 3. The second kappa shape index (κ2) is 11.4. The number of anilines is 2. The normalized spacial score (nSPS) is 29.3. The Bertz CT molecular complexity index is 1240. The molecule has 3 aliphatic heterocycles. The van der Waals surface area contributed by atoms with Gasteiger partial charge in [-0.1, -0.05) is 37.3 Å². The van der Waals surface area contributed by atoms with E-state index in [1.54, 1.807) is 23.7 Å². The molecule has 3 heterocycles. The quantitative estimate of drug-likeness (QED) is 0.410. The smallest absolute Gasteiger partial charge is 0.248 e. The molecular formula is C31H40N4O4S. The van der Waals surface area contributed by atoms with Gasteiger partial charge in [-0.3, -0.25) is 14.4 Å². The summed E-state index contributed by atoms with van der Waals surface area (Å²) in [6.45, 7) is 7.81. The van der Waals surface area contributed by atoms with Crippen molar-refractivity contribution < 1.29 is 19.5 Å². The maximum atomic E-state index is 14.3. The first-order chi connectivity index (χ1) is 19.3. The van der Waals surface area contributed by atoms with Gasteiger partial charge in [-0.15, -0.1) is 11.8 Å². The van der Waals surface area contributed by atoms with Crippen molar-refractivity contribution >= 4 is 40.9 Å². The molecule has 3 aliphatic rings. The third kappa shape index (κ3) is 4.57. The van der Waals surface area contributed by atoms with Crippen LogP contribution < -0.4 is 15.5 Å². The number of rotatable bonds is 10. The van der Waals surface area contributed by atoms with Gasteiger partial charge >= 0.3 is 0 Å². The number of hydrogen-bond donors (Lipinski definition) is 3. The molecule has 3 unspecified atom stereocenters. The van der Waals surface area contributed by atoms with Crippen molar-refractivity contribution in [3.63, 3.8) is 0 Å². The van der Waals surface area contributed by atoms with E-state index in [0.717, 1.165) is 30.8 Å². The number of benzene rings is 2. The predicted molar refractivity (Wildman–Crippen MR) is 159 cm³/mol. The van der Waals surface area contributed by atoms with Gasteiger partial charge in [0.15, 0.2) is 0 Å². The van der Waals surface area contributed by atoms with Gasteiger partial charge < -0.3 is 25.5 Å². The molecule has 1 spiro atoms. The number of aliphatic hydroxyl groups excluding tert-OH is 1. The first-order valence-corrected chi connectivity index (χ1v) is 15.2. The molecule has 3 fully saturated rings. The lowest BCUT2D eigenvalue weighted by molar-refractivity contribution is -0.142. The van der Waals surface area contributed by atoms with Crippen molar-refractivity contribution in [2.45, 2.75) is 55.7 Å². The number of nitrogens with zero attached hydrogens (tertiary/aromatic N) is 2. The fourth-order valence-corrected chi connectivity index (χ4v) is 9.72. The highest BCUT2D eigenvalue weighted by molar-refractivity contribution is 8.02. The number of aliphatic hydroxyl groups is 1. The van der Waals surface area contributed by atoms with Crippen LogP contribution in [0.4, 0.5) is 11.4 Å². The van der Waals surface area contributed by atoms with Gasteiger partial charge in [0, 0.05) is 36.8 Å². The second-order valence-corrected chi connectivity index (χ2v) is 12.7. The van der Waals surface area contributed by atoms with Crippen molar-refractivity contribution in [3.05, 3.63) is 60.2 Å². The topological polar surface area (TPSA) is 102 Å². The van der Waals surface area contributed by atoms with E-state index < -0.39 is 28.7 Å². The van der Waals surface area contributed by atoms with E-state index in [4.69, 9.17) is 0 Å². The number of carbonyl (C=O) groups excluding carboxylic acids is 3. The summed E-state index contributed by atoms with van der Waals surface area (Å²) >= 11 is 1.64. The Morgan fingerprint density at radius 1 is 1.10 bits per heavy atom. The number of fused-ring (bicyclic) bond motifs is 1. The summed E-state index contributed by atoms with van der Waals surface area (Å²) in [5.41, 5.74) is 2.71. The van der Waals surface area contributed by atoms with Crippen molar-refractivity contribution in [2.24, 2.45) is 17.8 Å². The molecule has 2 aromatic rings. The largest absolute Gasteiger partial charge is 0.394 e. The zero-order valence-electron chi connectivity index (χ0n) is 23.7. The van der Waals surface area contributed by atoms with Gasteiger partial charge in [0.05, 0.1) is 29.2 Å². The number of hydrogen-bond acceptors (Lipinski definition) is 6. The predicted octanol–water partition coefficient (Wildman–Crippen LogP) is 3.16. The van der Waals surface area contributed by atoms with Crippen LogP contribution in [-0.2, 0) is 20.8 Å². The van der Waals surface area contributed by atoms with Crippen LogP contribution in [0.15, 0.2) is 54.6 Å². The lowest BCUT2D eigenvalue weighted by Gasteiger charge is -2.40. The maximum Gasteiger partial charge on any atom is 0.248 e. The molecule has 7 atom stereocenters. The molecule has 3 amide bonds. The van der Waals surface area contributed by atoms with Gasteiger partial charge in [0.2, 0.25) is 17.7 Å². The zero-order chi connectivity index (χ0) is 28.6. The Labute approximate surface area is 240 Å². The van der Waals surface area contributed by atoms with E-state index in [9.17, 15) is 19.5 Å². The van der Waals surface area contributed by atoms with Crippen molar-refractivity contribution in [1.29, 1.82) is 0 Å². The second-order valence-electron chi connectivity index (χ2n) is 11.1. The van der Waals surface area contributed by atoms with Crippen LogP contribution in [0.1, 0.15) is 32.8 Å². The monoisotopic (exact) mass is 564 g/mol. The summed E-state index contributed by atoms with van der Waals surface area (Å²) in [6, 6.07) is 16.1. The molecule has 0 radical (unpaired) electrons. The van der Waals surface area contributed by atoms with Crippen LogP contribution in [0.3, 0.4) is 0 Å². The van der Waals surface area contributed by atoms with E-state index in [2.05, 4.69) is 36.3 Å². The van der Waals surface area contributed by atoms with Crippen LogP contribution in [0, 0.1) is 17.8 Å². The number of thioether (sulfide) groups is 1. The molecule has 2 bridgehead atoms. The molecule has 0 aliphatic carbocycles. The highest BCUT2D eigenvalue weighted by Crippen LogP contribution is 2.68. The summed E-state index contributed by atoms with van der Waals surface area (Å²) in [6.07, 6.45) is 1.19. The molecule has 3 N–H and O–H groups in total. The molecule has 40 heavy (non-hydrogen) atoms. The van der Waals surface area contributed by atoms with Gasteiger partial charge in [-0.05, 0) is 62.4 Å². The first kappa shape index (κ1) is 28.5. The van der Waals surface area contributed by atoms with Gasteiger partial charge in [0.1, 0.15) is 6.04 Å². The lowest BCUT2D eigenvalue weighted by atomic mass is 9.66. The fourth-order valence-electron chi connectivity index (χ4n) is 7.31. The first-order valence-electron chi connectivity index (χ1n) is 14.3. The van der Waals surface area contributed by atoms with Gasteiger partial charge in [-0.2, -0.15) is 0 Å². The molecule has 9 heteroatoms. The number of nitrogens with one attached hydrogen (secondary N) is 2. The summed E-state index contributed by atoms with van der Waals surface area (Å²) in [5.74, 6) is -1.68. The van der Waals surface area contributed by atoms with E-state index in [0.29, 0.717) is 12.1 Å². The van der Waals surface area contributed by atoms with Crippen molar-refractivity contribution in [1.82, 2.24) is 10.2 Å². The van der Waals surface area contributed by atoms with E-state index >= 15 is 0 Å². The summed E-state index contributed by atoms with van der Waals surface area (Å²) < 4.78 is -0.742. The Hall–Kier alpha value is -3.04. The van der Waals surface area contributed by atoms with Crippen molar-refractivity contribution in [2.75, 3.05) is 37.0 Å². The van der Waals surface area contributed by atoms with Crippen LogP contribution in [0.25, 0.3) is 0 Å². The third-order valence-electron chi connectivity index (χ3n) is 9.16. The maximum absolute atomic E-state index is 14.3. The molecule has 3 saturated heterocycles. The summed E-state index contributed by atoms with van der Waals surface area (Å²) in [4.78, 5) is 45.6. The Balaban J connectivity index is 1.52. The van der Waals surface area contributed by atoms with Crippen LogP contribution in [0.5, 0.6) is 0 Å². The zero-order valence-corrected chi connectivity index (χ0v) is 24.5. The average molecular weight is 565 g/mol. The third-order valence-corrected chi connectivity index (χ3v) is 11.2. The van der Waals surface area contributed by atoms with Crippen LogP contribution >= 0.6 is 11.8 Å². The lowest BCUT2D eigenvalue weighted by Crippen LogP contribution is -2.57.